The molecule has 0 radical (unpaired) electrons. The second-order valence-electron chi connectivity index (χ2n) is 5.30. The van der Waals surface area contributed by atoms with Crippen LogP contribution in [0.1, 0.15) is 45.2 Å². The Kier molecular flexibility index (Phi) is 3.72. The molecule has 3 nitrogen and oxygen atoms in total. The smallest absolute Gasteiger partial charge is 0.347 e. The summed E-state index contributed by atoms with van der Waals surface area (Å²) in [5.74, 6) is -0.923. The van der Waals surface area contributed by atoms with Crippen LogP contribution in [0, 0.1) is 6.92 Å². The van der Waals surface area contributed by atoms with Crippen molar-refractivity contribution in [2.24, 2.45) is 0 Å². The molecule has 1 aliphatic rings. The summed E-state index contributed by atoms with van der Waals surface area (Å²) in [6.07, 6.45) is 2.95. The number of aromatic carboxylic acids is 1. The molecule has 1 saturated carbocycles. The largest absolute Gasteiger partial charge is 0.477 e. The van der Waals surface area contributed by atoms with Crippen LogP contribution in [0.2, 0.25) is 10.0 Å². The average Bonchev–Trinajstić information content (AvgIpc) is 2.73. The summed E-state index contributed by atoms with van der Waals surface area (Å²) in [5, 5.41) is 11.3. The van der Waals surface area contributed by atoms with Gasteiger partial charge in [0, 0.05) is 15.5 Å². The molecule has 0 spiro atoms. The lowest BCUT2D eigenvalue weighted by molar-refractivity contribution is 0.0701. The second-order valence-corrected chi connectivity index (χ2v) is 7.14. The quantitative estimate of drug-likeness (QED) is 0.861. The number of rotatable bonds is 3. The number of carboxylic acids is 1. The molecule has 0 atom stereocenters. The maximum Gasteiger partial charge on any atom is 0.347 e. The van der Waals surface area contributed by atoms with Gasteiger partial charge in [-0.3, -0.25) is 0 Å². The molecule has 0 amide bonds. The Bertz CT molecular complexity index is 722. The highest BCUT2D eigenvalue weighted by molar-refractivity contribution is 7.13. The first-order valence-electron chi connectivity index (χ1n) is 6.61. The fourth-order valence-corrected chi connectivity index (χ4v) is 4.56. The lowest BCUT2D eigenvalue weighted by Gasteiger charge is -2.41. The molecule has 1 fully saturated rings. The topological polar surface area (TPSA) is 50.2 Å². The van der Waals surface area contributed by atoms with Crippen molar-refractivity contribution in [2.45, 2.75) is 31.6 Å². The van der Waals surface area contributed by atoms with E-state index in [1.54, 1.807) is 13.0 Å². The van der Waals surface area contributed by atoms with Gasteiger partial charge in [0.2, 0.25) is 0 Å². The van der Waals surface area contributed by atoms with Crippen LogP contribution in [0.15, 0.2) is 18.2 Å². The monoisotopic (exact) mass is 341 g/mol. The molecular weight excluding hydrogens is 329 g/mol. The SMILES string of the molecule is Cc1nc(C2(c3ccc(Cl)cc3Cl)CCC2)sc1C(=O)O. The van der Waals surface area contributed by atoms with Crippen molar-refractivity contribution in [1.82, 2.24) is 4.98 Å². The lowest BCUT2D eigenvalue weighted by Crippen LogP contribution is -2.35. The molecule has 2 aromatic rings. The summed E-state index contributed by atoms with van der Waals surface area (Å²) in [6.45, 7) is 1.74. The third-order valence-electron chi connectivity index (χ3n) is 4.05. The van der Waals surface area contributed by atoms with E-state index in [0.717, 1.165) is 29.8 Å². The minimum absolute atomic E-state index is 0.259. The van der Waals surface area contributed by atoms with Crippen molar-refractivity contribution in [3.8, 4) is 0 Å². The van der Waals surface area contributed by atoms with Crippen molar-refractivity contribution in [3.63, 3.8) is 0 Å². The zero-order chi connectivity index (χ0) is 15.2. The van der Waals surface area contributed by atoms with Gasteiger partial charge in [0.05, 0.1) is 5.69 Å². The number of halogens is 2. The minimum Gasteiger partial charge on any atom is -0.477 e. The van der Waals surface area contributed by atoms with Gasteiger partial charge >= 0.3 is 5.97 Å². The Morgan fingerprint density at radius 2 is 2.10 bits per heavy atom. The molecule has 21 heavy (non-hydrogen) atoms. The van der Waals surface area contributed by atoms with E-state index in [-0.39, 0.29) is 5.41 Å². The molecule has 1 N–H and O–H groups in total. The molecule has 1 heterocycles. The summed E-state index contributed by atoms with van der Waals surface area (Å²) >= 11 is 13.6. The summed E-state index contributed by atoms with van der Waals surface area (Å²) < 4.78 is 0. The van der Waals surface area contributed by atoms with Gasteiger partial charge in [0.1, 0.15) is 9.88 Å². The van der Waals surface area contributed by atoms with Crippen LogP contribution in [-0.4, -0.2) is 16.1 Å². The number of aromatic nitrogens is 1. The molecule has 1 aliphatic carbocycles. The van der Waals surface area contributed by atoms with E-state index in [1.807, 2.05) is 12.1 Å². The number of hydrogen-bond acceptors (Lipinski definition) is 3. The third kappa shape index (κ3) is 2.35. The Hall–Kier alpha value is -1.10. The molecule has 0 saturated heterocycles. The summed E-state index contributed by atoms with van der Waals surface area (Å²) in [4.78, 5) is 16.1. The molecule has 0 bridgehead atoms. The average molecular weight is 342 g/mol. The predicted molar refractivity (Wildman–Crippen MR) is 84.9 cm³/mol. The Morgan fingerprint density at radius 1 is 1.38 bits per heavy atom. The van der Waals surface area contributed by atoms with Crippen LogP contribution < -0.4 is 0 Å². The molecular formula is C15H13Cl2NO2S. The van der Waals surface area contributed by atoms with E-state index in [4.69, 9.17) is 23.2 Å². The fraction of sp³-hybridized carbons (Fsp3) is 0.333. The summed E-state index contributed by atoms with van der Waals surface area (Å²) in [7, 11) is 0. The lowest BCUT2D eigenvalue weighted by atomic mass is 9.65. The first-order chi connectivity index (χ1) is 9.94. The van der Waals surface area contributed by atoms with Crippen molar-refractivity contribution in [3.05, 3.63) is 49.4 Å². The molecule has 0 aliphatic heterocycles. The van der Waals surface area contributed by atoms with E-state index in [2.05, 4.69) is 4.98 Å². The Morgan fingerprint density at radius 3 is 2.57 bits per heavy atom. The fourth-order valence-electron chi connectivity index (χ4n) is 2.81. The molecule has 6 heteroatoms. The number of carbonyl (C=O) groups is 1. The maximum atomic E-state index is 11.2. The van der Waals surface area contributed by atoms with Gasteiger partial charge in [-0.1, -0.05) is 35.7 Å². The highest BCUT2D eigenvalue weighted by Crippen LogP contribution is 2.52. The second kappa shape index (κ2) is 5.27. The molecule has 0 unspecified atom stereocenters. The van der Waals surface area contributed by atoms with Gasteiger partial charge in [0.25, 0.3) is 0 Å². The maximum absolute atomic E-state index is 11.2. The Balaban J connectivity index is 2.12. The molecule has 3 rings (SSSR count). The van der Waals surface area contributed by atoms with Crippen LogP contribution in [0.5, 0.6) is 0 Å². The first kappa shape index (κ1) is 14.8. The zero-order valence-corrected chi connectivity index (χ0v) is 13.6. The van der Waals surface area contributed by atoms with Crippen LogP contribution in [0.4, 0.5) is 0 Å². The molecule has 1 aromatic carbocycles. The molecule has 110 valence electrons. The highest BCUT2D eigenvalue weighted by atomic mass is 35.5. The van der Waals surface area contributed by atoms with Gasteiger partial charge < -0.3 is 5.11 Å². The zero-order valence-electron chi connectivity index (χ0n) is 11.3. The van der Waals surface area contributed by atoms with Gasteiger partial charge in [-0.2, -0.15) is 0 Å². The van der Waals surface area contributed by atoms with Gasteiger partial charge in [-0.05, 0) is 37.5 Å². The number of benzene rings is 1. The van der Waals surface area contributed by atoms with Crippen LogP contribution in [0.25, 0.3) is 0 Å². The van der Waals surface area contributed by atoms with E-state index < -0.39 is 5.97 Å². The van der Waals surface area contributed by atoms with E-state index in [9.17, 15) is 9.90 Å². The van der Waals surface area contributed by atoms with Crippen molar-refractivity contribution in [1.29, 1.82) is 0 Å². The van der Waals surface area contributed by atoms with Crippen molar-refractivity contribution >= 4 is 40.5 Å². The van der Waals surface area contributed by atoms with E-state index >= 15 is 0 Å². The van der Waals surface area contributed by atoms with Gasteiger partial charge in [0.15, 0.2) is 0 Å². The van der Waals surface area contributed by atoms with Crippen LogP contribution in [-0.2, 0) is 5.41 Å². The van der Waals surface area contributed by atoms with E-state index in [1.165, 1.54) is 11.3 Å². The van der Waals surface area contributed by atoms with Crippen molar-refractivity contribution < 1.29 is 9.90 Å². The predicted octanol–water partition coefficient (Wildman–Crippen LogP) is 4.93. The Labute approximate surface area is 136 Å². The summed E-state index contributed by atoms with van der Waals surface area (Å²) in [6, 6.07) is 5.49. The van der Waals surface area contributed by atoms with E-state index in [0.29, 0.717) is 20.6 Å². The first-order valence-corrected chi connectivity index (χ1v) is 8.18. The summed E-state index contributed by atoms with van der Waals surface area (Å²) in [5.41, 5.74) is 1.30. The number of hydrogen-bond donors (Lipinski definition) is 1. The highest BCUT2D eigenvalue weighted by Gasteiger charge is 2.44. The molecule has 1 aromatic heterocycles. The number of nitrogens with zero attached hydrogens (tertiary/aromatic N) is 1. The van der Waals surface area contributed by atoms with Crippen molar-refractivity contribution in [2.75, 3.05) is 0 Å². The van der Waals surface area contributed by atoms with Gasteiger partial charge in [-0.25, -0.2) is 9.78 Å². The van der Waals surface area contributed by atoms with Gasteiger partial charge in [-0.15, -0.1) is 11.3 Å². The number of carboxylic acid groups (broad SMARTS) is 1. The number of thiazole rings is 1. The number of aryl methyl sites for hydroxylation is 1. The minimum atomic E-state index is -0.923. The standard InChI is InChI=1S/C15H13Cl2NO2S/c1-8-12(13(19)20)21-14(18-8)15(5-2-6-15)10-4-3-9(16)7-11(10)17/h3-4,7H,2,5-6H2,1H3,(H,19,20). The van der Waals surface area contributed by atoms with Crippen LogP contribution in [0.3, 0.4) is 0 Å². The normalized spacial score (nSPS) is 16.5. The van der Waals surface area contributed by atoms with Crippen LogP contribution >= 0.6 is 34.5 Å². The third-order valence-corrected chi connectivity index (χ3v) is 5.95.